The highest BCUT2D eigenvalue weighted by atomic mass is 16.6. The molecule has 0 saturated heterocycles. The van der Waals surface area contributed by atoms with Crippen molar-refractivity contribution in [1.29, 1.82) is 0 Å². The van der Waals surface area contributed by atoms with Crippen molar-refractivity contribution in [3.63, 3.8) is 0 Å². The lowest BCUT2D eigenvalue weighted by atomic mass is 10.1. The summed E-state index contributed by atoms with van der Waals surface area (Å²) < 4.78 is 7.45. The summed E-state index contributed by atoms with van der Waals surface area (Å²) in [5, 5.41) is 17.6. The van der Waals surface area contributed by atoms with Gasteiger partial charge in [-0.3, -0.25) is 4.99 Å². The van der Waals surface area contributed by atoms with Crippen LogP contribution in [0.2, 0.25) is 0 Å². The number of aliphatic imine (C=N–C) groups is 1. The molecule has 170 valence electrons. The van der Waals surface area contributed by atoms with Crippen LogP contribution in [-0.2, 0) is 17.7 Å². The second-order valence-corrected chi connectivity index (χ2v) is 8.05. The number of aryl methyl sites for hydroxylation is 1. The molecule has 9 nitrogen and oxygen atoms in total. The molecule has 0 fully saturated rings. The number of carbonyl (C=O) groups excluding carboxylic acids is 1. The molecule has 0 saturated carbocycles. The van der Waals surface area contributed by atoms with E-state index in [2.05, 4.69) is 38.1 Å². The van der Waals surface area contributed by atoms with Crippen molar-refractivity contribution < 1.29 is 9.53 Å². The zero-order valence-electron chi connectivity index (χ0n) is 19.2. The van der Waals surface area contributed by atoms with Gasteiger partial charge in [0.1, 0.15) is 17.8 Å². The van der Waals surface area contributed by atoms with Gasteiger partial charge in [-0.15, -0.1) is 10.2 Å². The van der Waals surface area contributed by atoms with Crippen LogP contribution in [0.3, 0.4) is 0 Å². The fraction of sp³-hybridized carbons (Fsp3) is 0.545. The summed E-state index contributed by atoms with van der Waals surface area (Å²) in [6.45, 7) is 12.1. The number of aromatic nitrogens is 3. The molecule has 2 rings (SSSR count). The molecule has 0 aliphatic heterocycles. The van der Waals surface area contributed by atoms with Gasteiger partial charge in [0.15, 0.2) is 5.96 Å². The maximum atomic E-state index is 12.3. The van der Waals surface area contributed by atoms with Gasteiger partial charge in [0, 0.05) is 26.1 Å². The van der Waals surface area contributed by atoms with Gasteiger partial charge < -0.3 is 25.3 Å². The molecule has 1 unspecified atom stereocenters. The zero-order valence-corrected chi connectivity index (χ0v) is 19.2. The van der Waals surface area contributed by atoms with Gasteiger partial charge in [-0.1, -0.05) is 37.3 Å². The number of hydrogen-bond acceptors (Lipinski definition) is 5. The fourth-order valence-corrected chi connectivity index (χ4v) is 2.93. The van der Waals surface area contributed by atoms with Crippen LogP contribution in [0.4, 0.5) is 4.79 Å². The van der Waals surface area contributed by atoms with E-state index in [-0.39, 0.29) is 6.04 Å². The number of guanidine groups is 1. The number of amides is 1. The Kier molecular flexibility index (Phi) is 9.30. The van der Waals surface area contributed by atoms with E-state index >= 15 is 0 Å². The molecule has 1 heterocycles. The van der Waals surface area contributed by atoms with E-state index in [1.54, 1.807) is 6.33 Å². The number of carbonyl (C=O) groups is 1. The first-order valence-electron chi connectivity index (χ1n) is 10.8. The van der Waals surface area contributed by atoms with Gasteiger partial charge >= 0.3 is 6.09 Å². The van der Waals surface area contributed by atoms with Crippen molar-refractivity contribution in [3.05, 3.63) is 48.0 Å². The predicted octanol–water partition coefficient (Wildman–Crippen LogP) is 2.66. The van der Waals surface area contributed by atoms with E-state index in [0.717, 1.165) is 30.9 Å². The third kappa shape index (κ3) is 8.65. The fourth-order valence-electron chi connectivity index (χ4n) is 2.93. The number of nitrogens with zero attached hydrogens (tertiary/aromatic N) is 4. The number of alkyl carbamates (subject to hydrolysis) is 1. The lowest BCUT2D eigenvalue weighted by molar-refractivity contribution is 0.0505. The summed E-state index contributed by atoms with van der Waals surface area (Å²) in [6.07, 6.45) is 2.11. The maximum absolute atomic E-state index is 12.3. The Balaban J connectivity index is 2.04. The van der Waals surface area contributed by atoms with Gasteiger partial charge in [0.2, 0.25) is 0 Å². The van der Waals surface area contributed by atoms with Crippen LogP contribution in [0.1, 0.15) is 52.0 Å². The average molecular weight is 430 g/mol. The molecule has 9 heteroatoms. The number of ether oxygens (including phenoxy) is 1. The highest BCUT2D eigenvalue weighted by Gasteiger charge is 2.20. The van der Waals surface area contributed by atoms with Gasteiger partial charge in [-0.2, -0.15) is 0 Å². The van der Waals surface area contributed by atoms with E-state index in [9.17, 15) is 4.79 Å². The minimum atomic E-state index is -0.565. The molecule has 3 N–H and O–H groups in total. The highest BCUT2D eigenvalue weighted by molar-refractivity contribution is 5.79. The Morgan fingerprint density at radius 3 is 2.58 bits per heavy atom. The molecule has 0 radical (unpaired) electrons. The van der Waals surface area contributed by atoms with Gasteiger partial charge in [-0.05, 0) is 33.3 Å². The minimum Gasteiger partial charge on any atom is -0.444 e. The predicted molar refractivity (Wildman–Crippen MR) is 122 cm³/mol. The lowest BCUT2D eigenvalue weighted by Crippen LogP contribution is -2.40. The molecule has 1 aromatic heterocycles. The topological polar surface area (TPSA) is 105 Å². The van der Waals surface area contributed by atoms with Crippen LogP contribution < -0.4 is 16.0 Å². The van der Waals surface area contributed by atoms with E-state index in [0.29, 0.717) is 19.0 Å². The van der Waals surface area contributed by atoms with Crippen LogP contribution in [0.25, 0.3) is 0 Å². The summed E-state index contributed by atoms with van der Waals surface area (Å²) in [5.41, 5.74) is 0.398. The molecule has 0 spiro atoms. The highest BCUT2D eigenvalue weighted by Crippen LogP contribution is 2.15. The molecule has 1 aromatic carbocycles. The van der Waals surface area contributed by atoms with E-state index in [1.807, 2.05) is 62.6 Å². The summed E-state index contributed by atoms with van der Waals surface area (Å²) >= 11 is 0. The number of nitrogens with one attached hydrogen (secondary N) is 3. The van der Waals surface area contributed by atoms with Gasteiger partial charge in [-0.25, -0.2) is 4.79 Å². The van der Waals surface area contributed by atoms with Crippen molar-refractivity contribution >= 4 is 12.1 Å². The first kappa shape index (κ1) is 24.2. The maximum Gasteiger partial charge on any atom is 0.408 e. The van der Waals surface area contributed by atoms with Crippen LogP contribution >= 0.6 is 0 Å². The summed E-state index contributed by atoms with van der Waals surface area (Å²) in [5.74, 6) is 1.63. The lowest BCUT2D eigenvalue weighted by Gasteiger charge is -2.23. The summed E-state index contributed by atoms with van der Waals surface area (Å²) in [4.78, 5) is 17.0. The second kappa shape index (κ2) is 11.9. The minimum absolute atomic E-state index is 0.309. The number of benzene rings is 1. The quantitative estimate of drug-likeness (QED) is 0.418. The van der Waals surface area contributed by atoms with Gasteiger partial charge in [0.05, 0.1) is 12.6 Å². The normalized spacial score (nSPS) is 12.9. The first-order chi connectivity index (χ1) is 14.8. The van der Waals surface area contributed by atoms with Crippen LogP contribution in [0.5, 0.6) is 0 Å². The van der Waals surface area contributed by atoms with Crippen molar-refractivity contribution in [2.75, 3.05) is 19.6 Å². The smallest absolute Gasteiger partial charge is 0.408 e. The molecular formula is C22H35N7O2. The molecule has 1 atom stereocenters. The monoisotopic (exact) mass is 429 g/mol. The SMILES string of the molecule is CCNC(=NCC(NC(=O)OC(C)(C)C)c1ccccc1)NCCn1cnnc1CC. The first-order valence-corrected chi connectivity index (χ1v) is 10.8. The third-order valence-corrected chi connectivity index (χ3v) is 4.33. The Labute approximate surface area is 184 Å². The molecule has 31 heavy (non-hydrogen) atoms. The summed E-state index contributed by atoms with van der Waals surface area (Å²) in [6, 6.07) is 9.45. The van der Waals surface area contributed by atoms with Gasteiger partial charge in [0.25, 0.3) is 0 Å². The average Bonchev–Trinajstić information content (AvgIpc) is 3.17. The molecule has 1 amide bonds. The standard InChI is InChI=1S/C22H35N7O2/c1-6-19-28-26-16-29(19)14-13-24-20(23-7-2)25-15-18(17-11-9-8-10-12-17)27-21(30)31-22(3,4)5/h8-12,16,18H,6-7,13-15H2,1-5H3,(H,27,30)(H2,23,24,25). The second-order valence-electron chi connectivity index (χ2n) is 8.05. The summed E-state index contributed by atoms with van der Waals surface area (Å²) in [7, 11) is 0. The molecule has 0 aliphatic carbocycles. The number of hydrogen-bond donors (Lipinski definition) is 3. The Morgan fingerprint density at radius 1 is 1.19 bits per heavy atom. The van der Waals surface area contributed by atoms with Crippen molar-refractivity contribution in [2.45, 2.75) is 59.2 Å². The largest absolute Gasteiger partial charge is 0.444 e. The zero-order chi connectivity index (χ0) is 22.7. The molecular weight excluding hydrogens is 394 g/mol. The molecule has 2 aromatic rings. The van der Waals surface area contributed by atoms with Crippen LogP contribution in [0, 0.1) is 0 Å². The van der Waals surface area contributed by atoms with E-state index in [1.165, 1.54) is 0 Å². The molecule has 0 aliphatic rings. The van der Waals surface area contributed by atoms with Crippen molar-refractivity contribution in [2.24, 2.45) is 4.99 Å². The van der Waals surface area contributed by atoms with Crippen molar-refractivity contribution in [3.8, 4) is 0 Å². The Bertz CT molecular complexity index is 828. The Morgan fingerprint density at radius 2 is 1.94 bits per heavy atom. The third-order valence-electron chi connectivity index (χ3n) is 4.33. The number of rotatable bonds is 9. The van der Waals surface area contributed by atoms with E-state index < -0.39 is 11.7 Å². The van der Waals surface area contributed by atoms with E-state index in [4.69, 9.17) is 4.74 Å². The molecule has 0 bridgehead atoms. The van der Waals surface area contributed by atoms with Crippen LogP contribution in [-0.4, -0.2) is 52.1 Å². The Hall–Kier alpha value is -3.10. The van der Waals surface area contributed by atoms with Crippen molar-refractivity contribution in [1.82, 2.24) is 30.7 Å². The van der Waals surface area contributed by atoms with Crippen LogP contribution in [0.15, 0.2) is 41.7 Å².